The maximum absolute atomic E-state index is 13.4. The van der Waals surface area contributed by atoms with Crippen molar-refractivity contribution in [3.05, 3.63) is 0 Å². The maximum atomic E-state index is 13.4. The van der Waals surface area contributed by atoms with Crippen LogP contribution in [0.2, 0.25) is 0 Å². The van der Waals surface area contributed by atoms with Crippen LogP contribution < -0.4 is 0 Å². The number of carbonyl (C=O) groups is 3. The molecular formula is C20H24O10. The SMILES string of the molecule is C[C@H]1C(=O)O[C@@H]2[C@@H](O)[C@]34[C@@H]5C[C@H](C(C)(C)C)[C@]36[C@H](OC(=O)[C@H]6O)O[C@@]4(C(=O)O5)[C@@]21O. The Morgan fingerprint density at radius 1 is 1.03 bits per heavy atom. The Morgan fingerprint density at radius 2 is 1.70 bits per heavy atom. The summed E-state index contributed by atoms with van der Waals surface area (Å²) in [5.74, 6) is -4.32. The summed E-state index contributed by atoms with van der Waals surface area (Å²) in [5, 5.41) is 34.7. The zero-order valence-corrected chi connectivity index (χ0v) is 16.9. The molecule has 10 heteroatoms. The Kier molecular flexibility index (Phi) is 2.97. The Bertz CT molecular complexity index is 925. The smallest absolute Gasteiger partial charge is 0.343 e. The first-order valence-corrected chi connectivity index (χ1v) is 10.2. The summed E-state index contributed by atoms with van der Waals surface area (Å²) in [6, 6.07) is 0. The van der Waals surface area contributed by atoms with E-state index in [1.807, 2.05) is 20.8 Å². The fourth-order valence-electron chi connectivity index (χ4n) is 8.12. The lowest BCUT2D eigenvalue weighted by atomic mass is 9.51. The maximum Gasteiger partial charge on any atom is 0.343 e. The highest BCUT2D eigenvalue weighted by Gasteiger charge is 3.03. The van der Waals surface area contributed by atoms with E-state index in [9.17, 15) is 29.7 Å². The van der Waals surface area contributed by atoms with Crippen LogP contribution in [-0.2, 0) is 33.3 Å². The van der Waals surface area contributed by atoms with Crippen molar-refractivity contribution in [3.8, 4) is 0 Å². The molecule has 2 aliphatic carbocycles. The number of fused-ring (bicyclic) bond motifs is 1. The Morgan fingerprint density at radius 3 is 2.33 bits per heavy atom. The fourth-order valence-corrected chi connectivity index (χ4v) is 8.12. The van der Waals surface area contributed by atoms with Crippen molar-refractivity contribution in [2.24, 2.45) is 28.1 Å². The lowest BCUT2D eigenvalue weighted by Crippen LogP contribution is -2.67. The van der Waals surface area contributed by atoms with Gasteiger partial charge < -0.3 is 34.3 Å². The number of esters is 3. The van der Waals surface area contributed by atoms with Gasteiger partial charge >= 0.3 is 17.9 Å². The number of hydrogen-bond acceptors (Lipinski definition) is 10. The van der Waals surface area contributed by atoms with Gasteiger partial charge in [0.15, 0.2) is 17.8 Å². The zero-order valence-electron chi connectivity index (χ0n) is 16.9. The topological polar surface area (TPSA) is 149 Å². The van der Waals surface area contributed by atoms with Gasteiger partial charge in [0.2, 0.25) is 11.9 Å². The number of carbonyl (C=O) groups excluding carboxylic acids is 3. The molecule has 0 radical (unpaired) electrons. The Hall–Kier alpha value is -1.75. The summed E-state index contributed by atoms with van der Waals surface area (Å²) in [7, 11) is 0. The van der Waals surface area contributed by atoms with Crippen LogP contribution in [0, 0.1) is 28.1 Å². The van der Waals surface area contributed by atoms with Crippen LogP contribution in [-0.4, -0.2) is 75.1 Å². The molecule has 4 aliphatic heterocycles. The van der Waals surface area contributed by atoms with Crippen molar-refractivity contribution >= 4 is 17.9 Å². The van der Waals surface area contributed by atoms with Gasteiger partial charge in [-0.3, -0.25) is 4.79 Å². The van der Waals surface area contributed by atoms with Gasteiger partial charge in [-0.1, -0.05) is 20.8 Å². The summed E-state index contributed by atoms with van der Waals surface area (Å²) in [6.45, 7) is 7.14. The second-order valence-electron chi connectivity index (χ2n) is 10.7. The minimum atomic E-state index is -2.24. The Labute approximate surface area is 171 Å². The Balaban J connectivity index is 1.72. The predicted molar refractivity (Wildman–Crippen MR) is 92.0 cm³/mol. The minimum Gasteiger partial charge on any atom is -0.459 e. The van der Waals surface area contributed by atoms with Crippen molar-refractivity contribution in [2.45, 2.75) is 76.0 Å². The zero-order chi connectivity index (χ0) is 21.8. The average Bonchev–Trinajstić information content (AvgIpc) is 3.35. The number of ether oxygens (including phenoxy) is 4. The first kappa shape index (κ1) is 19.0. The van der Waals surface area contributed by atoms with Crippen molar-refractivity contribution in [1.82, 2.24) is 0 Å². The van der Waals surface area contributed by atoms with Gasteiger partial charge in [-0.2, -0.15) is 0 Å². The van der Waals surface area contributed by atoms with Crippen molar-refractivity contribution < 1.29 is 48.7 Å². The molecule has 4 heterocycles. The molecule has 6 rings (SSSR count). The molecule has 11 atom stereocenters. The van der Waals surface area contributed by atoms with E-state index in [0.29, 0.717) is 0 Å². The highest BCUT2D eigenvalue weighted by molar-refractivity contribution is 5.94. The molecule has 4 saturated heterocycles. The molecular weight excluding hydrogens is 400 g/mol. The van der Waals surface area contributed by atoms with E-state index in [-0.39, 0.29) is 6.42 Å². The molecule has 10 nitrogen and oxygen atoms in total. The lowest BCUT2D eigenvalue weighted by Gasteiger charge is -2.47. The standard InChI is InChI=1S/C20H24O10/c1-6-12(23)28-11-9(21)18-8-5-7(16(2,3)4)17(18)10(22)13(24)29-15(17)30-20(18,14(25)27-8)19(6,11)26/h6-11,15,21-22,26H,5H2,1-4H3/t6-,7+,8-,9+,10+,11+,15+,17-,18+,19-,20+/m0/s1. The third-order valence-corrected chi connectivity index (χ3v) is 9.00. The molecule has 6 aliphatic rings. The fraction of sp³-hybridized carbons (Fsp3) is 0.850. The van der Waals surface area contributed by atoms with Crippen LogP contribution in [0.4, 0.5) is 0 Å². The molecule has 0 aromatic rings. The van der Waals surface area contributed by atoms with Crippen LogP contribution in [0.5, 0.6) is 0 Å². The third-order valence-electron chi connectivity index (χ3n) is 9.00. The van der Waals surface area contributed by atoms with Crippen LogP contribution in [0.25, 0.3) is 0 Å². The minimum absolute atomic E-state index is 0.229. The molecule has 30 heavy (non-hydrogen) atoms. The molecule has 0 unspecified atom stereocenters. The summed E-state index contributed by atoms with van der Waals surface area (Å²) >= 11 is 0. The number of aliphatic hydroxyl groups excluding tert-OH is 2. The molecule has 0 aromatic carbocycles. The van der Waals surface area contributed by atoms with E-state index < -0.39 is 87.9 Å². The normalized spacial score (nSPS) is 60.1. The van der Waals surface area contributed by atoms with E-state index in [1.165, 1.54) is 6.92 Å². The van der Waals surface area contributed by atoms with Gasteiger partial charge in [0, 0.05) is 0 Å². The summed E-state index contributed by atoms with van der Waals surface area (Å²) in [4.78, 5) is 38.2. The summed E-state index contributed by atoms with van der Waals surface area (Å²) < 4.78 is 22.5. The molecule has 6 fully saturated rings. The van der Waals surface area contributed by atoms with Crippen LogP contribution in [0.3, 0.4) is 0 Å². The van der Waals surface area contributed by atoms with Gasteiger partial charge in [0.25, 0.3) is 0 Å². The first-order valence-electron chi connectivity index (χ1n) is 10.2. The number of aliphatic hydroxyl groups is 3. The van der Waals surface area contributed by atoms with Crippen LogP contribution in [0.1, 0.15) is 34.1 Å². The van der Waals surface area contributed by atoms with E-state index in [2.05, 4.69) is 0 Å². The lowest BCUT2D eigenvalue weighted by molar-refractivity contribution is -0.239. The van der Waals surface area contributed by atoms with Gasteiger partial charge in [0.05, 0.1) is 16.7 Å². The number of rotatable bonds is 0. The molecule has 2 saturated carbocycles. The highest BCUT2D eigenvalue weighted by atomic mass is 16.8. The van der Waals surface area contributed by atoms with Crippen LogP contribution in [0.15, 0.2) is 0 Å². The van der Waals surface area contributed by atoms with Crippen LogP contribution >= 0.6 is 0 Å². The monoisotopic (exact) mass is 424 g/mol. The molecule has 2 spiro atoms. The number of hydrogen-bond donors (Lipinski definition) is 3. The molecule has 3 N–H and O–H groups in total. The molecule has 164 valence electrons. The van der Waals surface area contributed by atoms with E-state index in [4.69, 9.17) is 18.9 Å². The van der Waals surface area contributed by atoms with Crippen molar-refractivity contribution in [3.63, 3.8) is 0 Å². The summed E-state index contributed by atoms with van der Waals surface area (Å²) in [5.41, 5.74) is -8.26. The quantitative estimate of drug-likeness (QED) is 0.314. The molecule has 0 aromatic heterocycles. The van der Waals surface area contributed by atoms with E-state index in [0.717, 1.165) is 0 Å². The van der Waals surface area contributed by atoms with Gasteiger partial charge in [-0.25, -0.2) is 9.59 Å². The largest absolute Gasteiger partial charge is 0.459 e. The average molecular weight is 424 g/mol. The second-order valence-corrected chi connectivity index (χ2v) is 10.7. The molecule has 0 bridgehead atoms. The van der Waals surface area contributed by atoms with Gasteiger partial charge in [-0.15, -0.1) is 0 Å². The van der Waals surface area contributed by atoms with Crippen molar-refractivity contribution in [1.29, 1.82) is 0 Å². The molecule has 0 amide bonds. The van der Waals surface area contributed by atoms with Gasteiger partial charge in [-0.05, 0) is 24.7 Å². The first-order chi connectivity index (χ1) is 13.8. The van der Waals surface area contributed by atoms with E-state index >= 15 is 0 Å². The predicted octanol–water partition coefficient (Wildman–Crippen LogP) is -1.37. The van der Waals surface area contributed by atoms with Gasteiger partial charge in [0.1, 0.15) is 12.2 Å². The highest BCUT2D eigenvalue weighted by Crippen LogP contribution is 2.84. The van der Waals surface area contributed by atoms with Crippen molar-refractivity contribution in [2.75, 3.05) is 0 Å². The third kappa shape index (κ3) is 1.33. The summed E-state index contributed by atoms with van der Waals surface area (Å²) in [6.07, 6.45) is -6.91. The van der Waals surface area contributed by atoms with E-state index in [1.54, 1.807) is 0 Å². The second kappa shape index (κ2) is 4.69.